The second-order valence-electron chi connectivity index (χ2n) is 9.13. The van der Waals surface area contributed by atoms with Crippen molar-refractivity contribution in [3.8, 4) is 11.3 Å². The van der Waals surface area contributed by atoms with Crippen LogP contribution in [-0.2, 0) is 13.5 Å². The fourth-order valence-corrected chi connectivity index (χ4v) is 4.07. The second-order valence-corrected chi connectivity index (χ2v) is 9.13. The number of benzene rings is 1. The van der Waals surface area contributed by atoms with Crippen LogP contribution in [0.5, 0.6) is 0 Å². The Kier molecular flexibility index (Phi) is 4.10. The van der Waals surface area contributed by atoms with E-state index in [1.54, 1.807) is 0 Å². The van der Waals surface area contributed by atoms with Crippen LogP contribution in [0.1, 0.15) is 37.5 Å². The highest BCUT2D eigenvalue weighted by Crippen LogP contribution is 2.30. The summed E-state index contributed by atoms with van der Waals surface area (Å²) >= 11 is 0. The van der Waals surface area contributed by atoms with Crippen molar-refractivity contribution in [3.05, 3.63) is 71.7 Å². The molecule has 0 bridgehead atoms. The molecular formula is C25H29N2+. The first kappa shape index (κ1) is 17.8. The van der Waals surface area contributed by atoms with Crippen molar-refractivity contribution in [2.24, 2.45) is 12.5 Å². The molecule has 0 aliphatic rings. The van der Waals surface area contributed by atoms with E-state index in [4.69, 9.17) is 0 Å². The van der Waals surface area contributed by atoms with Gasteiger partial charge in [0.25, 0.3) is 0 Å². The lowest BCUT2D eigenvalue weighted by molar-refractivity contribution is -0.660. The zero-order chi connectivity index (χ0) is 19.3. The van der Waals surface area contributed by atoms with Gasteiger partial charge in [0, 0.05) is 35.1 Å². The molecule has 0 spiro atoms. The lowest BCUT2D eigenvalue weighted by atomic mass is 9.86. The first-order valence-corrected chi connectivity index (χ1v) is 9.72. The number of hydrogen-bond donors (Lipinski definition) is 0. The Balaban J connectivity index is 1.91. The maximum atomic E-state index is 2.39. The fraction of sp³-hybridized carbons (Fsp3) is 0.320. The van der Waals surface area contributed by atoms with Crippen LogP contribution < -0.4 is 4.57 Å². The maximum absolute atomic E-state index is 2.39. The molecule has 0 saturated carbocycles. The van der Waals surface area contributed by atoms with Gasteiger partial charge in [-0.05, 0) is 71.8 Å². The summed E-state index contributed by atoms with van der Waals surface area (Å²) in [6, 6.07) is 13.6. The van der Waals surface area contributed by atoms with Crippen LogP contribution in [0.4, 0.5) is 0 Å². The van der Waals surface area contributed by atoms with Gasteiger partial charge in [0.1, 0.15) is 7.05 Å². The third-order valence-corrected chi connectivity index (χ3v) is 5.40. The quantitative estimate of drug-likeness (QED) is 0.401. The van der Waals surface area contributed by atoms with Crippen molar-refractivity contribution in [1.82, 2.24) is 4.40 Å². The Labute approximate surface area is 162 Å². The highest BCUT2D eigenvalue weighted by molar-refractivity contribution is 5.90. The number of fused-ring (bicyclic) bond motifs is 2. The van der Waals surface area contributed by atoms with Crippen molar-refractivity contribution < 1.29 is 4.57 Å². The number of pyridine rings is 2. The Morgan fingerprint density at radius 3 is 2.48 bits per heavy atom. The highest BCUT2D eigenvalue weighted by Gasteiger charge is 2.20. The smallest absolute Gasteiger partial charge is 0.212 e. The Morgan fingerprint density at radius 2 is 1.74 bits per heavy atom. The van der Waals surface area contributed by atoms with E-state index in [-0.39, 0.29) is 5.41 Å². The Hall–Kier alpha value is -2.61. The van der Waals surface area contributed by atoms with E-state index >= 15 is 0 Å². The van der Waals surface area contributed by atoms with Crippen LogP contribution in [0, 0.1) is 19.3 Å². The molecule has 1 aromatic carbocycles. The molecule has 0 aliphatic carbocycles. The van der Waals surface area contributed by atoms with Crippen LogP contribution in [0.3, 0.4) is 0 Å². The third-order valence-electron chi connectivity index (χ3n) is 5.40. The van der Waals surface area contributed by atoms with E-state index in [0.717, 1.165) is 6.42 Å². The van der Waals surface area contributed by atoms with Gasteiger partial charge in [-0.1, -0.05) is 26.8 Å². The van der Waals surface area contributed by atoms with E-state index in [2.05, 4.69) is 106 Å². The number of hydrogen-bond acceptors (Lipinski definition) is 0. The van der Waals surface area contributed by atoms with E-state index in [0.29, 0.717) is 0 Å². The molecular weight excluding hydrogens is 328 g/mol. The first-order chi connectivity index (χ1) is 12.7. The second kappa shape index (κ2) is 6.23. The monoisotopic (exact) mass is 357 g/mol. The maximum Gasteiger partial charge on any atom is 0.212 e. The van der Waals surface area contributed by atoms with E-state index in [1.165, 1.54) is 44.2 Å². The zero-order valence-corrected chi connectivity index (χ0v) is 17.3. The Morgan fingerprint density at radius 1 is 0.963 bits per heavy atom. The molecule has 138 valence electrons. The van der Waals surface area contributed by atoms with E-state index in [1.807, 2.05) is 0 Å². The van der Waals surface area contributed by atoms with Gasteiger partial charge in [0.05, 0.1) is 0 Å². The molecule has 27 heavy (non-hydrogen) atoms. The van der Waals surface area contributed by atoms with Gasteiger partial charge in [-0.3, -0.25) is 0 Å². The summed E-state index contributed by atoms with van der Waals surface area (Å²) in [6.07, 6.45) is 7.71. The lowest BCUT2D eigenvalue weighted by Gasteiger charge is -2.19. The minimum atomic E-state index is 0.278. The minimum Gasteiger partial charge on any atom is -0.323 e. The summed E-state index contributed by atoms with van der Waals surface area (Å²) in [7, 11) is 2.15. The third kappa shape index (κ3) is 3.37. The molecule has 0 saturated heterocycles. The SMILES string of the molecule is Cc1c[n+](C)c(-c2cc3cn4cccc4cc3cc2C)cc1CC(C)(C)C. The van der Waals surface area contributed by atoms with Crippen molar-refractivity contribution in [2.45, 2.75) is 41.0 Å². The van der Waals surface area contributed by atoms with Crippen LogP contribution in [-0.4, -0.2) is 4.40 Å². The average molecular weight is 358 g/mol. The number of rotatable bonds is 2. The molecule has 0 atom stereocenters. The number of nitrogens with zero attached hydrogens (tertiary/aromatic N) is 2. The predicted octanol–water partition coefficient (Wildman–Crippen LogP) is 5.79. The van der Waals surface area contributed by atoms with Gasteiger partial charge in [-0.25, -0.2) is 4.57 Å². The van der Waals surface area contributed by atoms with E-state index < -0.39 is 0 Å². The topological polar surface area (TPSA) is 8.29 Å². The van der Waals surface area contributed by atoms with Crippen LogP contribution in [0.15, 0.2) is 55.0 Å². The van der Waals surface area contributed by atoms with Gasteiger partial charge >= 0.3 is 0 Å². The predicted molar refractivity (Wildman–Crippen MR) is 114 cm³/mol. The van der Waals surface area contributed by atoms with Crippen LogP contribution in [0.2, 0.25) is 0 Å². The summed E-state index contributed by atoms with van der Waals surface area (Å²) in [4.78, 5) is 0. The molecule has 4 aromatic rings. The van der Waals surface area contributed by atoms with E-state index in [9.17, 15) is 0 Å². The van der Waals surface area contributed by atoms with Crippen molar-refractivity contribution in [2.75, 3.05) is 0 Å². The normalized spacial score (nSPS) is 12.2. The summed E-state index contributed by atoms with van der Waals surface area (Å²) in [5.74, 6) is 0. The summed E-state index contributed by atoms with van der Waals surface area (Å²) in [5.41, 5.74) is 8.24. The molecule has 2 heteroatoms. The molecule has 0 radical (unpaired) electrons. The van der Waals surface area contributed by atoms with Gasteiger partial charge < -0.3 is 4.40 Å². The molecule has 0 amide bonds. The highest BCUT2D eigenvalue weighted by atomic mass is 14.9. The van der Waals surface area contributed by atoms with Crippen molar-refractivity contribution in [1.29, 1.82) is 0 Å². The van der Waals surface area contributed by atoms with Gasteiger partial charge in [0.15, 0.2) is 6.20 Å². The summed E-state index contributed by atoms with van der Waals surface area (Å²) in [5, 5.41) is 2.57. The molecule has 0 unspecified atom stereocenters. The van der Waals surface area contributed by atoms with Gasteiger partial charge in [-0.2, -0.15) is 0 Å². The van der Waals surface area contributed by atoms with Crippen LogP contribution >= 0.6 is 0 Å². The van der Waals surface area contributed by atoms with Crippen molar-refractivity contribution in [3.63, 3.8) is 0 Å². The van der Waals surface area contributed by atoms with Crippen LogP contribution in [0.25, 0.3) is 27.5 Å². The number of aryl methyl sites for hydroxylation is 3. The molecule has 3 aromatic heterocycles. The fourth-order valence-electron chi connectivity index (χ4n) is 4.07. The molecule has 2 nitrogen and oxygen atoms in total. The summed E-state index contributed by atoms with van der Waals surface area (Å²) in [6.45, 7) is 11.4. The zero-order valence-electron chi connectivity index (χ0n) is 17.3. The molecule has 0 N–H and O–H groups in total. The standard InChI is InChI=1S/C25H29N2/c1-17-10-19-11-22-8-7-9-27(22)16-21(19)12-23(17)24-13-20(14-25(3,4)5)18(2)15-26(24)6/h7-13,15-16H,14H2,1-6H3/q+1. The van der Waals surface area contributed by atoms with Gasteiger partial charge in [-0.15, -0.1) is 0 Å². The first-order valence-electron chi connectivity index (χ1n) is 9.72. The minimum absolute atomic E-state index is 0.278. The van der Waals surface area contributed by atoms with Gasteiger partial charge in [0.2, 0.25) is 5.69 Å². The molecule has 3 heterocycles. The lowest BCUT2D eigenvalue weighted by Crippen LogP contribution is -2.32. The molecule has 4 rings (SSSR count). The summed E-state index contributed by atoms with van der Waals surface area (Å²) < 4.78 is 4.46. The largest absolute Gasteiger partial charge is 0.323 e. The average Bonchev–Trinajstić information content (AvgIpc) is 3.01. The molecule has 0 fully saturated rings. The molecule has 0 aliphatic heterocycles. The number of aromatic nitrogens is 2. The van der Waals surface area contributed by atoms with Crippen molar-refractivity contribution >= 4 is 16.3 Å². The Bertz CT molecular complexity index is 1160.